The van der Waals surface area contributed by atoms with Crippen molar-refractivity contribution in [1.82, 2.24) is 15.0 Å². The Morgan fingerprint density at radius 3 is 0.946 bits per heavy atom. The van der Waals surface area contributed by atoms with Gasteiger partial charge in [0.2, 0.25) is 0 Å². The normalized spacial score (nSPS) is 10.1. The van der Waals surface area contributed by atoms with Crippen LogP contribution in [-0.4, -0.2) is 63.0 Å². The van der Waals surface area contributed by atoms with E-state index in [-0.39, 0.29) is 19.5 Å². The largest absolute Gasteiger partial charge is 3.00 e. The maximum absolute atomic E-state index is 4.31. The van der Waals surface area contributed by atoms with Gasteiger partial charge in [0.15, 0.2) is 0 Å². The van der Waals surface area contributed by atoms with E-state index >= 15 is 0 Å². The van der Waals surface area contributed by atoms with Crippen molar-refractivity contribution >= 4 is 94.1 Å². The third-order valence-corrected chi connectivity index (χ3v) is 7.93. The predicted octanol–water partition coefficient (Wildman–Crippen LogP) is 4.01. The van der Waals surface area contributed by atoms with Crippen LogP contribution in [0, 0.1) is 20.8 Å². The molecule has 0 bridgehead atoms. The molecule has 0 unspecified atom stereocenters. The molecule has 6 rings (SSSR count). The number of para-hydroxylation sites is 3. The third kappa shape index (κ3) is 7.14. The Morgan fingerprint density at radius 2 is 0.703 bits per heavy atom. The van der Waals surface area contributed by atoms with Gasteiger partial charge in [-0.05, 0) is 0 Å². The Bertz CT molecular complexity index is 1350. The molecule has 0 saturated carbocycles. The molecular formula is C30H24N3RhSe3. The fourth-order valence-electron chi connectivity index (χ4n) is 3.86. The van der Waals surface area contributed by atoms with E-state index in [1.165, 1.54) is 32.8 Å². The molecule has 0 radical (unpaired) electrons. The number of nitrogens with zero attached hydrogens (tertiary/aromatic N) is 3. The monoisotopic (exact) mass is 769 g/mol. The van der Waals surface area contributed by atoms with E-state index in [1.54, 1.807) is 0 Å². The fourth-order valence-corrected chi connectivity index (χ4v) is 5.38. The number of benzene rings is 3. The van der Waals surface area contributed by atoms with Crippen LogP contribution < -0.4 is 13.4 Å². The molecule has 0 aliphatic carbocycles. The number of hydrogen-bond donors (Lipinski definition) is 0. The van der Waals surface area contributed by atoms with Crippen LogP contribution in [0.3, 0.4) is 0 Å². The molecule has 0 aliphatic heterocycles. The standard InChI is InChI=1S/3C10H9NSe.Rh/c3*1-7-5-6-11-10-8(7)3-2-4-9(10)12;/h3*2-6,12H,1H3;/q;;;+3/p-3. The van der Waals surface area contributed by atoms with E-state index in [0.29, 0.717) is 0 Å². The van der Waals surface area contributed by atoms with E-state index in [4.69, 9.17) is 0 Å². The summed E-state index contributed by atoms with van der Waals surface area (Å²) in [6, 6.07) is 24.6. The van der Waals surface area contributed by atoms with Crippen LogP contribution in [-0.2, 0) is 19.5 Å². The molecule has 6 aromatic rings. The van der Waals surface area contributed by atoms with Crippen molar-refractivity contribution in [2.45, 2.75) is 20.8 Å². The van der Waals surface area contributed by atoms with Crippen molar-refractivity contribution in [3.05, 3.63) is 108 Å². The summed E-state index contributed by atoms with van der Waals surface area (Å²) in [6.07, 6.45) is 5.54. The van der Waals surface area contributed by atoms with Crippen LogP contribution in [0.1, 0.15) is 16.7 Å². The first-order valence-electron chi connectivity index (χ1n) is 11.4. The maximum Gasteiger partial charge on any atom is 3.00 e. The van der Waals surface area contributed by atoms with E-state index in [9.17, 15) is 0 Å². The minimum absolute atomic E-state index is 0. The first-order chi connectivity index (χ1) is 17.4. The van der Waals surface area contributed by atoms with Gasteiger partial charge in [0.05, 0.1) is 0 Å². The van der Waals surface area contributed by atoms with Crippen LogP contribution in [0.4, 0.5) is 0 Å². The third-order valence-electron chi connectivity index (χ3n) is 5.86. The van der Waals surface area contributed by atoms with Crippen molar-refractivity contribution in [3.8, 4) is 0 Å². The van der Waals surface area contributed by atoms with Crippen LogP contribution in [0.15, 0.2) is 91.4 Å². The molecule has 0 spiro atoms. The smallest absolute Gasteiger partial charge is 3.00 e. The average molecular weight is 766 g/mol. The summed E-state index contributed by atoms with van der Waals surface area (Å²) in [5, 5.41) is 3.69. The van der Waals surface area contributed by atoms with Crippen LogP contribution in [0.2, 0.25) is 0 Å². The summed E-state index contributed by atoms with van der Waals surface area (Å²) < 4.78 is 3.36. The van der Waals surface area contributed by atoms with Gasteiger partial charge in [-0.25, -0.2) is 0 Å². The summed E-state index contributed by atoms with van der Waals surface area (Å²) >= 11 is 9.03. The maximum atomic E-state index is 4.31. The molecule has 0 aliphatic rings. The second-order valence-corrected chi connectivity index (χ2v) is 11.1. The van der Waals surface area contributed by atoms with Gasteiger partial charge >= 0.3 is 257 Å². The summed E-state index contributed by atoms with van der Waals surface area (Å²) in [7, 11) is 0. The zero-order valence-electron chi connectivity index (χ0n) is 20.6. The second-order valence-electron chi connectivity index (χ2n) is 8.34. The molecule has 0 atom stereocenters. The number of hydrogen-bond acceptors (Lipinski definition) is 3. The van der Waals surface area contributed by atoms with E-state index in [2.05, 4.69) is 102 Å². The van der Waals surface area contributed by atoms with Crippen LogP contribution >= 0.6 is 0 Å². The van der Waals surface area contributed by atoms with Gasteiger partial charge in [0, 0.05) is 0 Å². The minimum Gasteiger partial charge on any atom is 3.00 e. The number of aromatic nitrogens is 3. The molecule has 0 N–H and O–H groups in total. The molecule has 0 saturated heterocycles. The van der Waals surface area contributed by atoms with Gasteiger partial charge < -0.3 is 0 Å². The first kappa shape index (κ1) is 29.6. The summed E-state index contributed by atoms with van der Waals surface area (Å²) in [4.78, 5) is 12.9. The zero-order valence-corrected chi connectivity index (χ0v) is 27.3. The van der Waals surface area contributed by atoms with Gasteiger partial charge in [-0.15, -0.1) is 0 Å². The molecule has 0 amide bonds. The Kier molecular flexibility index (Phi) is 11.0. The number of aryl methyl sites for hydroxylation is 3. The van der Waals surface area contributed by atoms with E-state index in [0.717, 1.165) is 29.9 Å². The Hall–Kier alpha value is -1.93. The van der Waals surface area contributed by atoms with Crippen molar-refractivity contribution < 1.29 is 19.5 Å². The molecular weight excluding hydrogens is 742 g/mol. The first-order valence-corrected chi connectivity index (χ1v) is 14.0. The van der Waals surface area contributed by atoms with Crippen LogP contribution in [0.25, 0.3) is 32.7 Å². The van der Waals surface area contributed by atoms with E-state index < -0.39 is 0 Å². The molecule has 186 valence electrons. The Labute approximate surface area is 255 Å². The average Bonchev–Trinajstić information content (AvgIpc) is 2.87. The topological polar surface area (TPSA) is 38.7 Å². The summed E-state index contributed by atoms with van der Waals surface area (Å²) in [6.45, 7) is 6.30. The summed E-state index contributed by atoms with van der Waals surface area (Å²) in [5.74, 6) is 0. The predicted molar refractivity (Wildman–Crippen MR) is 156 cm³/mol. The molecule has 3 nitrogen and oxygen atoms in total. The van der Waals surface area contributed by atoms with Gasteiger partial charge in [0.25, 0.3) is 0 Å². The van der Waals surface area contributed by atoms with Gasteiger partial charge in [-0.3, -0.25) is 0 Å². The van der Waals surface area contributed by atoms with Crippen molar-refractivity contribution in [1.29, 1.82) is 0 Å². The number of rotatable bonds is 0. The molecule has 3 heterocycles. The molecule has 7 heteroatoms. The minimum atomic E-state index is 0. The number of fused-ring (bicyclic) bond motifs is 3. The number of pyridine rings is 3. The van der Waals surface area contributed by atoms with Crippen molar-refractivity contribution in [2.75, 3.05) is 0 Å². The van der Waals surface area contributed by atoms with Gasteiger partial charge in [-0.2, -0.15) is 0 Å². The van der Waals surface area contributed by atoms with Crippen LogP contribution in [0.5, 0.6) is 0 Å². The van der Waals surface area contributed by atoms with E-state index in [1.807, 2.05) is 73.2 Å². The van der Waals surface area contributed by atoms with Crippen molar-refractivity contribution in [3.63, 3.8) is 0 Å². The molecule has 3 aromatic carbocycles. The Balaban J connectivity index is 0.000000152. The molecule has 3 aromatic heterocycles. The second kappa shape index (κ2) is 13.7. The molecule has 0 fully saturated rings. The quantitative estimate of drug-likeness (QED) is 0.220. The molecule has 37 heavy (non-hydrogen) atoms. The Morgan fingerprint density at radius 1 is 0.432 bits per heavy atom. The van der Waals surface area contributed by atoms with Gasteiger partial charge in [0.1, 0.15) is 0 Å². The van der Waals surface area contributed by atoms with Gasteiger partial charge in [-0.1, -0.05) is 0 Å². The fraction of sp³-hybridized carbons (Fsp3) is 0.100. The van der Waals surface area contributed by atoms with Crippen molar-refractivity contribution in [2.24, 2.45) is 0 Å². The SMILES string of the molecule is Cc1ccnc2c([Se-])cccc12.Cc1ccnc2c([Se-])cccc12.Cc1ccnc2c([Se-])cccc12.[Rh+3]. The zero-order chi connectivity index (χ0) is 25.7. The summed E-state index contributed by atoms with van der Waals surface area (Å²) in [5.41, 5.74) is 7.03.